The van der Waals surface area contributed by atoms with Crippen molar-refractivity contribution < 1.29 is 0 Å². The SMILES string of the molecule is Cc1ccc2c(c1)CCCN2Cc1ccc(NN)nc1. The fourth-order valence-corrected chi connectivity index (χ4v) is 2.79. The Bertz CT molecular complexity index is 592. The lowest BCUT2D eigenvalue weighted by Crippen LogP contribution is -2.28. The molecule has 0 amide bonds. The molecule has 0 saturated heterocycles. The van der Waals surface area contributed by atoms with E-state index in [0.717, 1.165) is 13.1 Å². The highest BCUT2D eigenvalue weighted by molar-refractivity contribution is 5.57. The zero-order valence-corrected chi connectivity index (χ0v) is 11.8. The van der Waals surface area contributed by atoms with Gasteiger partial charge in [0.1, 0.15) is 5.82 Å². The number of nitrogen functional groups attached to an aromatic ring is 1. The van der Waals surface area contributed by atoms with E-state index in [1.807, 2.05) is 12.3 Å². The lowest BCUT2D eigenvalue weighted by Gasteiger charge is -2.31. The monoisotopic (exact) mass is 268 g/mol. The Kier molecular flexibility index (Phi) is 3.56. The third kappa shape index (κ3) is 2.60. The van der Waals surface area contributed by atoms with Crippen molar-refractivity contribution >= 4 is 11.5 Å². The van der Waals surface area contributed by atoms with E-state index in [1.54, 1.807) is 0 Å². The lowest BCUT2D eigenvalue weighted by molar-refractivity contribution is 0.690. The van der Waals surface area contributed by atoms with Crippen LogP contribution in [0.3, 0.4) is 0 Å². The Morgan fingerprint density at radius 2 is 2.20 bits per heavy atom. The third-order valence-electron chi connectivity index (χ3n) is 3.80. The van der Waals surface area contributed by atoms with E-state index >= 15 is 0 Å². The van der Waals surface area contributed by atoms with Crippen molar-refractivity contribution in [2.75, 3.05) is 16.9 Å². The molecule has 2 aromatic rings. The van der Waals surface area contributed by atoms with Crippen LogP contribution >= 0.6 is 0 Å². The second-order valence-corrected chi connectivity index (χ2v) is 5.35. The molecule has 0 spiro atoms. The van der Waals surface area contributed by atoms with Gasteiger partial charge >= 0.3 is 0 Å². The largest absolute Gasteiger partial charge is 0.367 e. The number of rotatable bonds is 3. The van der Waals surface area contributed by atoms with Crippen LogP contribution in [0.1, 0.15) is 23.1 Å². The Morgan fingerprint density at radius 3 is 2.95 bits per heavy atom. The summed E-state index contributed by atoms with van der Waals surface area (Å²) in [4.78, 5) is 6.71. The molecule has 20 heavy (non-hydrogen) atoms. The van der Waals surface area contributed by atoms with Crippen LogP contribution in [0.4, 0.5) is 11.5 Å². The Morgan fingerprint density at radius 1 is 1.30 bits per heavy atom. The first kappa shape index (κ1) is 12.9. The number of benzene rings is 1. The van der Waals surface area contributed by atoms with Crippen LogP contribution in [0.5, 0.6) is 0 Å². The number of anilines is 2. The molecule has 1 aliphatic rings. The molecule has 1 aromatic carbocycles. The fourth-order valence-electron chi connectivity index (χ4n) is 2.79. The number of aryl methyl sites for hydroxylation is 2. The summed E-state index contributed by atoms with van der Waals surface area (Å²) < 4.78 is 0. The van der Waals surface area contributed by atoms with Crippen LogP contribution < -0.4 is 16.2 Å². The summed E-state index contributed by atoms with van der Waals surface area (Å²) in [6, 6.07) is 10.7. The smallest absolute Gasteiger partial charge is 0.139 e. The van der Waals surface area contributed by atoms with E-state index in [2.05, 4.69) is 46.5 Å². The normalized spacial score (nSPS) is 14.0. The average molecular weight is 268 g/mol. The number of nitrogens with one attached hydrogen (secondary N) is 1. The number of nitrogens with two attached hydrogens (primary N) is 1. The van der Waals surface area contributed by atoms with Crippen LogP contribution in [0.15, 0.2) is 36.5 Å². The van der Waals surface area contributed by atoms with Gasteiger partial charge in [-0.2, -0.15) is 0 Å². The van der Waals surface area contributed by atoms with Gasteiger partial charge in [-0.15, -0.1) is 0 Å². The van der Waals surface area contributed by atoms with Crippen molar-refractivity contribution in [2.45, 2.75) is 26.3 Å². The van der Waals surface area contributed by atoms with E-state index in [0.29, 0.717) is 5.82 Å². The number of hydrogen-bond acceptors (Lipinski definition) is 4. The van der Waals surface area contributed by atoms with Gasteiger partial charge in [-0.1, -0.05) is 23.8 Å². The minimum absolute atomic E-state index is 0.698. The summed E-state index contributed by atoms with van der Waals surface area (Å²) in [5.41, 5.74) is 7.93. The molecule has 104 valence electrons. The molecule has 4 heteroatoms. The summed E-state index contributed by atoms with van der Waals surface area (Å²) in [6.07, 6.45) is 4.28. The van der Waals surface area contributed by atoms with E-state index < -0.39 is 0 Å². The van der Waals surface area contributed by atoms with Crippen LogP contribution in [0, 0.1) is 6.92 Å². The summed E-state index contributed by atoms with van der Waals surface area (Å²) in [7, 11) is 0. The second-order valence-electron chi connectivity index (χ2n) is 5.35. The standard InChI is InChI=1S/C16H20N4/c1-12-4-6-15-14(9-12)3-2-8-20(15)11-13-5-7-16(19-17)18-10-13/h4-7,9-10H,2-3,8,11,17H2,1H3,(H,18,19). The van der Waals surface area contributed by atoms with Gasteiger partial charge in [-0.25, -0.2) is 10.8 Å². The van der Waals surface area contributed by atoms with Gasteiger partial charge in [-0.05, 0) is 43.0 Å². The van der Waals surface area contributed by atoms with E-state index in [4.69, 9.17) is 5.84 Å². The van der Waals surface area contributed by atoms with Crippen molar-refractivity contribution in [1.82, 2.24) is 4.98 Å². The molecule has 1 aromatic heterocycles. The van der Waals surface area contributed by atoms with Gasteiger partial charge in [0.2, 0.25) is 0 Å². The van der Waals surface area contributed by atoms with Gasteiger partial charge < -0.3 is 10.3 Å². The van der Waals surface area contributed by atoms with Gasteiger partial charge in [0.25, 0.3) is 0 Å². The molecule has 3 rings (SSSR count). The average Bonchev–Trinajstić information content (AvgIpc) is 2.48. The predicted octanol–water partition coefficient (Wildman–Crippen LogP) is 2.63. The van der Waals surface area contributed by atoms with E-state index in [1.165, 1.54) is 35.2 Å². The van der Waals surface area contributed by atoms with Crippen LogP contribution in [0.2, 0.25) is 0 Å². The number of nitrogens with zero attached hydrogens (tertiary/aromatic N) is 2. The minimum Gasteiger partial charge on any atom is -0.367 e. The van der Waals surface area contributed by atoms with Crippen LogP contribution in [0.25, 0.3) is 0 Å². The third-order valence-corrected chi connectivity index (χ3v) is 3.80. The number of fused-ring (bicyclic) bond motifs is 1. The van der Waals surface area contributed by atoms with Crippen LogP contribution in [-0.2, 0) is 13.0 Å². The highest BCUT2D eigenvalue weighted by Crippen LogP contribution is 2.29. The molecule has 1 aliphatic heterocycles. The number of aromatic nitrogens is 1. The zero-order chi connectivity index (χ0) is 13.9. The lowest BCUT2D eigenvalue weighted by atomic mass is 9.99. The van der Waals surface area contributed by atoms with Crippen molar-refractivity contribution in [2.24, 2.45) is 5.84 Å². The Hall–Kier alpha value is -2.07. The second kappa shape index (κ2) is 5.51. The van der Waals surface area contributed by atoms with Crippen molar-refractivity contribution in [3.63, 3.8) is 0 Å². The molecular weight excluding hydrogens is 248 g/mol. The first-order chi connectivity index (χ1) is 9.76. The van der Waals surface area contributed by atoms with Gasteiger partial charge in [0, 0.05) is 25.0 Å². The Balaban J connectivity index is 1.81. The number of hydrogen-bond donors (Lipinski definition) is 2. The Labute approximate surface area is 119 Å². The van der Waals surface area contributed by atoms with E-state index in [9.17, 15) is 0 Å². The molecule has 0 fully saturated rings. The van der Waals surface area contributed by atoms with Crippen molar-refractivity contribution in [3.8, 4) is 0 Å². The molecule has 4 nitrogen and oxygen atoms in total. The number of pyridine rings is 1. The quantitative estimate of drug-likeness (QED) is 0.663. The predicted molar refractivity (Wildman–Crippen MR) is 82.6 cm³/mol. The topological polar surface area (TPSA) is 54.2 Å². The summed E-state index contributed by atoms with van der Waals surface area (Å²) in [5, 5.41) is 0. The maximum Gasteiger partial charge on any atom is 0.139 e. The first-order valence-electron chi connectivity index (χ1n) is 7.02. The summed E-state index contributed by atoms with van der Waals surface area (Å²) in [6.45, 7) is 4.16. The van der Waals surface area contributed by atoms with Crippen molar-refractivity contribution in [3.05, 3.63) is 53.2 Å². The first-order valence-corrected chi connectivity index (χ1v) is 7.02. The molecule has 0 unspecified atom stereocenters. The number of hydrazine groups is 1. The molecule has 0 atom stereocenters. The molecule has 2 heterocycles. The fraction of sp³-hybridized carbons (Fsp3) is 0.312. The molecule has 0 radical (unpaired) electrons. The van der Waals surface area contributed by atoms with Gasteiger partial charge in [0.15, 0.2) is 0 Å². The molecule has 0 aliphatic carbocycles. The maximum absolute atomic E-state index is 5.34. The van der Waals surface area contributed by atoms with Gasteiger partial charge in [0.05, 0.1) is 0 Å². The van der Waals surface area contributed by atoms with E-state index in [-0.39, 0.29) is 0 Å². The summed E-state index contributed by atoms with van der Waals surface area (Å²) >= 11 is 0. The summed E-state index contributed by atoms with van der Waals surface area (Å²) in [5.74, 6) is 6.04. The highest BCUT2D eigenvalue weighted by Gasteiger charge is 2.16. The highest BCUT2D eigenvalue weighted by atomic mass is 15.2. The molecular formula is C16H20N4. The zero-order valence-electron chi connectivity index (χ0n) is 11.8. The van der Waals surface area contributed by atoms with Gasteiger partial charge in [-0.3, -0.25) is 0 Å². The molecule has 0 saturated carbocycles. The van der Waals surface area contributed by atoms with Crippen LogP contribution in [-0.4, -0.2) is 11.5 Å². The molecule has 3 N–H and O–H groups in total. The minimum atomic E-state index is 0.698. The maximum atomic E-state index is 5.34. The van der Waals surface area contributed by atoms with Crippen molar-refractivity contribution in [1.29, 1.82) is 0 Å². The molecule has 0 bridgehead atoms.